The van der Waals surface area contributed by atoms with Gasteiger partial charge in [0.25, 0.3) is 0 Å². The van der Waals surface area contributed by atoms with E-state index in [0.717, 1.165) is 19.3 Å². The second kappa shape index (κ2) is 7.66. The molecule has 1 aromatic carbocycles. The summed E-state index contributed by atoms with van der Waals surface area (Å²) >= 11 is 0. The molecule has 1 N–H and O–H groups in total. The van der Waals surface area contributed by atoms with Crippen LogP contribution in [0.1, 0.15) is 57.2 Å². The van der Waals surface area contributed by atoms with E-state index in [1.807, 2.05) is 14.2 Å². The van der Waals surface area contributed by atoms with Crippen LogP contribution >= 0.6 is 0 Å². The van der Waals surface area contributed by atoms with E-state index >= 15 is 0 Å². The zero-order valence-electron chi connectivity index (χ0n) is 13.1. The highest BCUT2D eigenvalue weighted by molar-refractivity contribution is 5.28. The van der Waals surface area contributed by atoms with Crippen LogP contribution in [-0.2, 0) is 11.2 Å². The molecule has 0 aliphatic carbocycles. The number of hydrogen-bond acceptors (Lipinski definition) is 2. The van der Waals surface area contributed by atoms with Gasteiger partial charge in [0.1, 0.15) is 0 Å². The molecule has 0 radical (unpaired) electrons. The number of nitrogens with one attached hydrogen (secondary N) is 1. The van der Waals surface area contributed by atoms with Crippen molar-refractivity contribution in [2.75, 3.05) is 14.2 Å². The fourth-order valence-electron chi connectivity index (χ4n) is 3.02. The van der Waals surface area contributed by atoms with Gasteiger partial charge in [0, 0.05) is 7.11 Å². The van der Waals surface area contributed by atoms with E-state index in [4.69, 9.17) is 4.74 Å². The molecule has 108 valence electrons. The van der Waals surface area contributed by atoms with Crippen molar-refractivity contribution in [3.63, 3.8) is 0 Å². The van der Waals surface area contributed by atoms with E-state index in [1.165, 1.54) is 17.5 Å². The van der Waals surface area contributed by atoms with Crippen molar-refractivity contribution in [1.82, 2.24) is 5.32 Å². The quantitative estimate of drug-likeness (QED) is 0.762. The van der Waals surface area contributed by atoms with E-state index in [0.29, 0.717) is 0 Å². The molecule has 1 aromatic rings. The minimum atomic E-state index is -0.125. The number of rotatable bonds is 8. The Morgan fingerprint density at radius 2 is 1.89 bits per heavy atom. The molecule has 0 heterocycles. The lowest BCUT2D eigenvalue weighted by molar-refractivity contribution is -0.0468. The third kappa shape index (κ3) is 3.58. The highest BCUT2D eigenvalue weighted by Gasteiger charge is 2.35. The maximum absolute atomic E-state index is 5.88. The molecule has 0 spiro atoms. The first-order valence-corrected chi connectivity index (χ1v) is 7.48. The molecule has 1 unspecified atom stereocenters. The van der Waals surface area contributed by atoms with Gasteiger partial charge < -0.3 is 10.1 Å². The minimum absolute atomic E-state index is 0.125. The summed E-state index contributed by atoms with van der Waals surface area (Å²) in [6.45, 7) is 6.63. The van der Waals surface area contributed by atoms with Gasteiger partial charge in [0.15, 0.2) is 0 Å². The summed E-state index contributed by atoms with van der Waals surface area (Å²) in [6, 6.07) is 9.15. The first kappa shape index (κ1) is 16.2. The van der Waals surface area contributed by atoms with Crippen molar-refractivity contribution >= 4 is 0 Å². The van der Waals surface area contributed by atoms with Gasteiger partial charge >= 0.3 is 0 Å². The molecule has 1 atom stereocenters. The smallest absolute Gasteiger partial charge is 0.0867 e. The second-order valence-electron chi connectivity index (χ2n) is 5.19. The number of hydrogen-bond donors (Lipinski definition) is 1. The average Bonchev–Trinajstić information content (AvgIpc) is 2.45. The maximum atomic E-state index is 5.88. The van der Waals surface area contributed by atoms with Gasteiger partial charge in [-0.25, -0.2) is 0 Å². The number of benzene rings is 1. The SMILES string of the molecule is CCCc1cccc(C(NC)C(CC)(CC)OC)c1. The van der Waals surface area contributed by atoms with Crippen molar-refractivity contribution in [2.24, 2.45) is 0 Å². The largest absolute Gasteiger partial charge is 0.376 e. The van der Waals surface area contributed by atoms with E-state index in [1.54, 1.807) is 0 Å². The van der Waals surface area contributed by atoms with Crippen LogP contribution in [0.5, 0.6) is 0 Å². The first-order chi connectivity index (χ1) is 9.17. The van der Waals surface area contributed by atoms with Gasteiger partial charge in [-0.2, -0.15) is 0 Å². The summed E-state index contributed by atoms with van der Waals surface area (Å²) in [4.78, 5) is 0. The van der Waals surface area contributed by atoms with Crippen molar-refractivity contribution in [3.05, 3.63) is 35.4 Å². The zero-order chi connectivity index (χ0) is 14.3. The highest BCUT2D eigenvalue weighted by Crippen LogP contribution is 2.35. The molecule has 2 nitrogen and oxygen atoms in total. The summed E-state index contributed by atoms with van der Waals surface area (Å²) in [6.07, 6.45) is 4.33. The lowest BCUT2D eigenvalue weighted by atomic mass is 9.83. The summed E-state index contributed by atoms with van der Waals surface area (Å²) in [5.41, 5.74) is 2.62. The van der Waals surface area contributed by atoms with Crippen LogP contribution in [0.25, 0.3) is 0 Å². The van der Waals surface area contributed by atoms with Crippen molar-refractivity contribution in [3.8, 4) is 0 Å². The second-order valence-corrected chi connectivity index (χ2v) is 5.19. The lowest BCUT2D eigenvalue weighted by Gasteiger charge is -2.38. The Morgan fingerprint density at radius 3 is 2.37 bits per heavy atom. The van der Waals surface area contributed by atoms with Crippen molar-refractivity contribution in [1.29, 1.82) is 0 Å². The topological polar surface area (TPSA) is 21.3 Å². The molecule has 1 rings (SSSR count). The Labute approximate surface area is 118 Å². The molecular weight excluding hydrogens is 234 g/mol. The van der Waals surface area contributed by atoms with Crippen molar-refractivity contribution in [2.45, 2.75) is 58.1 Å². The molecule has 19 heavy (non-hydrogen) atoms. The molecule has 0 aromatic heterocycles. The zero-order valence-corrected chi connectivity index (χ0v) is 13.1. The van der Waals surface area contributed by atoms with E-state index in [9.17, 15) is 0 Å². The Hall–Kier alpha value is -0.860. The molecule has 0 fully saturated rings. The molecule has 0 aliphatic heterocycles. The van der Waals surface area contributed by atoms with Gasteiger partial charge in [-0.15, -0.1) is 0 Å². The van der Waals surface area contributed by atoms with Crippen LogP contribution < -0.4 is 5.32 Å². The van der Waals surface area contributed by atoms with E-state index < -0.39 is 0 Å². The predicted octanol–water partition coefficient (Wildman–Crippen LogP) is 4.10. The van der Waals surface area contributed by atoms with Gasteiger partial charge in [0.2, 0.25) is 0 Å². The summed E-state index contributed by atoms with van der Waals surface area (Å²) in [5.74, 6) is 0. The standard InChI is InChI=1S/C17H29NO/c1-6-10-14-11-9-12-15(13-14)16(18-4)17(7-2,8-3)19-5/h9,11-13,16,18H,6-8,10H2,1-5H3. The molecule has 0 aliphatic rings. The normalized spacial score (nSPS) is 13.5. The minimum Gasteiger partial charge on any atom is -0.376 e. The Balaban J connectivity index is 3.11. The Bertz CT molecular complexity index is 363. The number of ether oxygens (including phenoxy) is 1. The van der Waals surface area contributed by atoms with Crippen LogP contribution in [0.4, 0.5) is 0 Å². The van der Waals surface area contributed by atoms with Crippen LogP contribution in [-0.4, -0.2) is 19.8 Å². The third-order valence-corrected chi connectivity index (χ3v) is 4.24. The number of likely N-dealkylation sites (N-methyl/N-ethyl adjacent to an activating group) is 1. The molecule has 0 saturated heterocycles. The fourth-order valence-corrected chi connectivity index (χ4v) is 3.02. The molecule has 0 bridgehead atoms. The van der Waals surface area contributed by atoms with Gasteiger partial charge in [0.05, 0.1) is 11.6 Å². The van der Waals surface area contributed by atoms with Gasteiger partial charge in [-0.3, -0.25) is 0 Å². The van der Waals surface area contributed by atoms with Crippen molar-refractivity contribution < 1.29 is 4.74 Å². The molecule has 0 saturated carbocycles. The Kier molecular flexibility index (Phi) is 6.53. The average molecular weight is 263 g/mol. The van der Waals surface area contributed by atoms with E-state index in [-0.39, 0.29) is 11.6 Å². The van der Waals surface area contributed by atoms with Crippen LogP contribution in [0.15, 0.2) is 24.3 Å². The predicted molar refractivity (Wildman–Crippen MR) is 82.6 cm³/mol. The van der Waals surface area contributed by atoms with Crippen LogP contribution in [0.3, 0.4) is 0 Å². The number of methoxy groups -OCH3 is 1. The number of aryl methyl sites for hydroxylation is 1. The summed E-state index contributed by atoms with van der Waals surface area (Å²) in [5, 5.41) is 3.46. The van der Waals surface area contributed by atoms with E-state index in [2.05, 4.69) is 50.4 Å². The maximum Gasteiger partial charge on any atom is 0.0867 e. The van der Waals surface area contributed by atoms with Gasteiger partial charge in [-0.05, 0) is 37.4 Å². The summed E-state index contributed by atoms with van der Waals surface area (Å²) < 4.78 is 5.88. The summed E-state index contributed by atoms with van der Waals surface area (Å²) in [7, 11) is 3.85. The Morgan fingerprint density at radius 1 is 1.21 bits per heavy atom. The molecule has 0 amide bonds. The molecular formula is C17H29NO. The highest BCUT2D eigenvalue weighted by atomic mass is 16.5. The lowest BCUT2D eigenvalue weighted by Crippen LogP contribution is -2.43. The monoisotopic (exact) mass is 263 g/mol. The fraction of sp³-hybridized carbons (Fsp3) is 0.647. The first-order valence-electron chi connectivity index (χ1n) is 7.48. The van der Waals surface area contributed by atoms with Crippen LogP contribution in [0, 0.1) is 0 Å². The van der Waals surface area contributed by atoms with Crippen LogP contribution in [0.2, 0.25) is 0 Å². The van der Waals surface area contributed by atoms with Gasteiger partial charge in [-0.1, -0.05) is 51.5 Å². The third-order valence-electron chi connectivity index (χ3n) is 4.24. The molecule has 2 heteroatoms.